The molecule has 0 bridgehead atoms. The van der Waals surface area contributed by atoms with Gasteiger partial charge in [-0.2, -0.15) is 0 Å². The van der Waals surface area contributed by atoms with Crippen LogP contribution in [0.5, 0.6) is 0 Å². The number of likely N-dealkylation sites (tertiary alicyclic amines) is 1. The lowest BCUT2D eigenvalue weighted by Gasteiger charge is -2.32. The number of hydrogen-bond acceptors (Lipinski definition) is 1. The van der Waals surface area contributed by atoms with Crippen LogP contribution in [0.25, 0.3) is 17.2 Å². The third-order valence-corrected chi connectivity index (χ3v) is 5.95. The first-order valence-corrected chi connectivity index (χ1v) is 10.5. The van der Waals surface area contributed by atoms with Crippen LogP contribution in [0.2, 0.25) is 0 Å². The van der Waals surface area contributed by atoms with Gasteiger partial charge in [0.25, 0.3) is 0 Å². The summed E-state index contributed by atoms with van der Waals surface area (Å²) in [7, 11) is 0. The molecule has 0 saturated carbocycles. The molecule has 0 aliphatic carbocycles. The van der Waals surface area contributed by atoms with Crippen molar-refractivity contribution in [3.8, 4) is 11.1 Å². The number of rotatable bonds is 5. The first-order chi connectivity index (χ1) is 14.2. The Bertz CT molecular complexity index is 952. The summed E-state index contributed by atoms with van der Waals surface area (Å²) in [6, 6.07) is 24.0. The summed E-state index contributed by atoms with van der Waals surface area (Å²) in [5.74, 6) is 0.444. The standard InChI is InChI=1S/C27H28FN/c1-21-20-25(23-9-12-26(28)13-10-23)11-14-27(21)24-15-18-29(19-16-24)17-5-8-22-6-3-2-4-7-22/h2-14,20,24H,15-19H2,1H3/b8-5+. The van der Waals surface area contributed by atoms with E-state index < -0.39 is 0 Å². The Morgan fingerprint density at radius 1 is 0.897 bits per heavy atom. The molecule has 0 radical (unpaired) electrons. The third kappa shape index (κ3) is 5.02. The van der Waals surface area contributed by atoms with Crippen molar-refractivity contribution < 1.29 is 4.39 Å². The zero-order valence-corrected chi connectivity index (χ0v) is 17.0. The summed E-state index contributed by atoms with van der Waals surface area (Å²) in [6.07, 6.45) is 6.90. The van der Waals surface area contributed by atoms with Gasteiger partial charge in [-0.05, 0) is 78.7 Å². The number of nitrogens with zero attached hydrogens (tertiary/aromatic N) is 1. The molecule has 2 heteroatoms. The number of aryl methyl sites for hydroxylation is 1. The Morgan fingerprint density at radius 3 is 2.28 bits per heavy atom. The topological polar surface area (TPSA) is 3.24 Å². The molecular weight excluding hydrogens is 357 g/mol. The molecule has 0 N–H and O–H groups in total. The second-order valence-corrected chi connectivity index (χ2v) is 7.97. The van der Waals surface area contributed by atoms with Crippen molar-refractivity contribution in [2.24, 2.45) is 0 Å². The van der Waals surface area contributed by atoms with E-state index in [-0.39, 0.29) is 5.82 Å². The highest BCUT2D eigenvalue weighted by Gasteiger charge is 2.21. The molecule has 3 aromatic carbocycles. The molecule has 0 aromatic heterocycles. The second kappa shape index (κ2) is 9.19. The largest absolute Gasteiger partial charge is 0.300 e. The van der Waals surface area contributed by atoms with Crippen LogP contribution in [0, 0.1) is 12.7 Å². The van der Waals surface area contributed by atoms with Crippen LogP contribution < -0.4 is 0 Å². The maximum atomic E-state index is 13.2. The average Bonchev–Trinajstić information content (AvgIpc) is 2.76. The van der Waals surface area contributed by atoms with E-state index in [1.54, 1.807) is 0 Å². The van der Waals surface area contributed by atoms with Gasteiger partial charge in [-0.1, -0.05) is 72.8 Å². The minimum absolute atomic E-state index is 0.188. The summed E-state index contributed by atoms with van der Waals surface area (Å²) < 4.78 is 13.2. The maximum absolute atomic E-state index is 13.2. The smallest absolute Gasteiger partial charge is 0.123 e. The van der Waals surface area contributed by atoms with Crippen molar-refractivity contribution in [3.05, 3.63) is 101 Å². The Morgan fingerprint density at radius 2 is 1.59 bits per heavy atom. The van der Waals surface area contributed by atoms with E-state index in [9.17, 15) is 4.39 Å². The second-order valence-electron chi connectivity index (χ2n) is 7.97. The zero-order chi connectivity index (χ0) is 20.1. The minimum Gasteiger partial charge on any atom is -0.300 e. The van der Waals surface area contributed by atoms with E-state index in [0.29, 0.717) is 5.92 Å². The first kappa shape index (κ1) is 19.6. The van der Waals surface area contributed by atoms with Crippen molar-refractivity contribution in [1.29, 1.82) is 0 Å². The molecule has 1 heterocycles. The normalized spacial score (nSPS) is 15.8. The SMILES string of the molecule is Cc1cc(-c2ccc(F)cc2)ccc1C1CCN(C/C=C/c2ccccc2)CC1. The Labute approximate surface area is 173 Å². The van der Waals surface area contributed by atoms with E-state index in [4.69, 9.17) is 0 Å². The summed E-state index contributed by atoms with van der Waals surface area (Å²) >= 11 is 0. The third-order valence-electron chi connectivity index (χ3n) is 5.95. The van der Waals surface area contributed by atoms with Crippen LogP contribution in [0.1, 0.15) is 35.4 Å². The Balaban J connectivity index is 1.34. The highest BCUT2D eigenvalue weighted by atomic mass is 19.1. The average molecular weight is 386 g/mol. The molecular formula is C27H28FN. The molecule has 1 fully saturated rings. The van der Waals surface area contributed by atoms with Crippen LogP contribution in [-0.4, -0.2) is 24.5 Å². The highest BCUT2D eigenvalue weighted by molar-refractivity contribution is 5.65. The maximum Gasteiger partial charge on any atom is 0.123 e. The summed E-state index contributed by atoms with van der Waals surface area (Å²) in [5, 5.41) is 0. The van der Waals surface area contributed by atoms with Gasteiger partial charge in [0, 0.05) is 6.54 Å². The lowest BCUT2D eigenvalue weighted by Crippen LogP contribution is -2.33. The van der Waals surface area contributed by atoms with Gasteiger partial charge in [-0.25, -0.2) is 4.39 Å². The molecule has 1 nitrogen and oxygen atoms in total. The molecule has 148 valence electrons. The van der Waals surface area contributed by atoms with E-state index in [1.165, 1.54) is 41.7 Å². The zero-order valence-electron chi connectivity index (χ0n) is 17.0. The van der Waals surface area contributed by atoms with Crippen LogP contribution >= 0.6 is 0 Å². The molecule has 0 amide bonds. The molecule has 0 spiro atoms. The van der Waals surface area contributed by atoms with Gasteiger partial charge in [0.2, 0.25) is 0 Å². The summed E-state index contributed by atoms with van der Waals surface area (Å²) in [4.78, 5) is 2.54. The molecule has 3 aromatic rings. The van der Waals surface area contributed by atoms with Crippen LogP contribution in [0.3, 0.4) is 0 Å². The fourth-order valence-corrected chi connectivity index (χ4v) is 4.28. The number of halogens is 1. The van der Waals surface area contributed by atoms with E-state index in [1.807, 2.05) is 12.1 Å². The highest BCUT2D eigenvalue weighted by Crippen LogP contribution is 2.32. The van der Waals surface area contributed by atoms with Crippen molar-refractivity contribution in [2.75, 3.05) is 19.6 Å². The fraction of sp³-hybridized carbons (Fsp3) is 0.259. The van der Waals surface area contributed by atoms with E-state index >= 15 is 0 Å². The molecule has 0 atom stereocenters. The van der Waals surface area contributed by atoms with Gasteiger partial charge in [0.1, 0.15) is 5.82 Å². The summed E-state index contributed by atoms with van der Waals surface area (Å²) in [5.41, 5.74) is 6.31. The van der Waals surface area contributed by atoms with Crippen molar-refractivity contribution in [3.63, 3.8) is 0 Å². The molecule has 1 aliphatic heterocycles. The molecule has 0 unspecified atom stereocenters. The Kier molecular flexibility index (Phi) is 6.21. The van der Waals surface area contributed by atoms with Gasteiger partial charge in [-0.3, -0.25) is 4.90 Å². The lowest BCUT2D eigenvalue weighted by molar-refractivity contribution is 0.232. The monoisotopic (exact) mass is 385 g/mol. The minimum atomic E-state index is -0.188. The van der Waals surface area contributed by atoms with Gasteiger partial charge in [0.05, 0.1) is 0 Å². The van der Waals surface area contributed by atoms with Gasteiger partial charge >= 0.3 is 0 Å². The fourth-order valence-electron chi connectivity index (χ4n) is 4.28. The molecule has 1 saturated heterocycles. The van der Waals surface area contributed by atoms with Crippen LogP contribution in [0.15, 0.2) is 78.9 Å². The molecule has 1 aliphatic rings. The molecule has 4 rings (SSSR count). The van der Waals surface area contributed by atoms with Crippen molar-refractivity contribution >= 4 is 6.08 Å². The number of piperidine rings is 1. The van der Waals surface area contributed by atoms with Gasteiger partial charge in [-0.15, -0.1) is 0 Å². The quantitative estimate of drug-likeness (QED) is 0.473. The first-order valence-electron chi connectivity index (χ1n) is 10.5. The Hall–Kier alpha value is -2.71. The van der Waals surface area contributed by atoms with E-state index in [0.717, 1.165) is 30.8 Å². The predicted octanol–water partition coefficient (Wildman–Crippen LogP) is 6.69. The predicted molar refractivity (Wildman–Crippen MR) is 120 cm³/mol. The van der Waals surface area contributed by atoms with Crippen molar-refractivity contribution in [2.45, 2.75) is 25.7 Å². The number of hydrogen-bond donors (Lipinski definition) is 0. The van der Waals surface area contributed by atoms with Crippen LogP contribution in [-0.2, 0) is 0 Å². The van der Waals surface area contributed by atoms with Crippen molar-refractivity contribution in [1.82, 2.24) is 4.90 Å². The van der Waals surface area contributed by atoms with Gasteiger partial charge < -0.3 is 0 Å². The molecule has 29 heavy (non-hydrogen) atoms. The summed E-state index contributed by atoms with van der Waals surface area (Å²) in [6.45, 7) is 5.51. The van der Waals surface area contributed by atoms with Gasteiger partial charge in [0.15, 0.2) is 0 Å². The van der Waals surface area contributed by atoms with E-state index in [2.05, 4.69) is 72.5 Å². The lowest BCUT2D eigenvalue weighted by atomic mass is 9.85. The van der Waals surface area contributed by atoms with Crippen LogP contribution in [0.4, 0.5) is 4.39 Å². The number of benzene rings is 3.